The fourth-order valence-electron chi connectivity index (χ4n) is 4.63. The Morgan fingerprint density at radius 2 is 0.852 bits per heavy atom. The highest BCUT2D eigenvalue weighted by molar-refractivity contribution is 6.35. The van der Waals surface area contributed by atoms with Crippen molar-refractivity contribution in [1.82, 2.24) is 0 Å². The Hall–Kier alpha value is -3.58. The molecule has 0 bridgehead atoms. The van der Waals surface area contributed by atoms with E-state index < -0.39 is 0 Å². The zero-order chi connectivity index (χ0) is 18.0. The number of fused-ring (bicyclic) bond motifs is 10. The van der Waals surface area contributed by atoms with Gasteiger partial charge in [0, 0.05) is 16.5 Å². The van der Waals surface area contributed by atoms with E-state index >= 15 is 0 Å². The number of hydrogen-bond donors (Lipinski definition) is 1. The first-order valence-corrected chi connectivity index (χ1v) is 9.26. The highest BCUT2D eigenvalue weighted by Gasteiger charge is 2.14. The Balaban J connectivity index is 2.02. The van der Waals surface area contributed by atoms with E-state index in [1.165, 1.54) is 48.5 Å². The largest absolute Gasteiger partial charge is 0.398 e. The molecule has 0 radical (unpaired) electrons. The van der Waals surface area contributed by atoms with Gasteiger partial charge in [-0.25, -0.2) is 0 Å². The normalized spacial score (nSPS) is 11.9. The van der Waals surface area contributed by atoms with Crippen LogP contribution in [0.25, 0.3) is 53.9 Å². The molecular formula is C26H17N. The first-order valence-electron chi connectivity index (χ1n) is 9.26. The van der Waals surface area contributed by atoms with E-state index in [0.717, 1.165) is 11.1 Å². The monoisotopic (exact) mass is 343 g/mol. The van der Waals surface area contributed by atoms with E-state index in [-0.39, 0.29) is 0 Å². The predicted molar refractivity (Wildman–Crippen MR) is 118 cm³/mol. The number of nitrogen functional groups attached to an aromatic ring is 1. The summed E-state index contributed by atoms with van der Waals surface area (Å²) >= 11 is 0. The molecule has 0 spiro atoms. The standard InChI is InChI=1S/C26H17N/c27-24-15-16-7-1-2-8-17(16)22-13-14-23-20-11-4-3-9-18(20)19-10-5-6-12-21(19)25(23)26(22)24/h1-15H,27H2. The Labute approximate surface area is 156 Å². The first kappa shape index (κ1) is 14.6. The lowest BCUT2D eigenvalue weighted by molar-refractivity contribution is 1.77. The van der Waals surface area contributed by atoms with E-state index in [1.807, 2.05) is 0 Å². The quantitative estimate of drug-likeness (QED) is 0.232. The number of anilines is 1. The fraction of sp³-hybridized carbons (Fsp3) is 0. The van der Waals surface area contributed by atoms with Crippen LogP contribution in [0, 0.1) is 0 Å². The second kappa shape index (κ2) is 5.21. The summed E-state index contributed by atoms with van der Waals surface area (Å²) in [6, 6.07) is 32.4. The number of rotatable bonds is 0. The van der Waals surface area contributed by atoms with E-state index in [2.05, 4.69) is 91.0 Å². The van der Waals surface area contributed by atoms with Gasteiger partial charge in [-0.2, -0.15) is 0 Å². The molecule has 126 valence electrons. The topological polar surface area (TPSA) is 26.0 Å². The van der Waals surface area contributed by atoms with Gasteiger partial charge in [-0.3, -0.25) is 0 Å². The molecule has 0 atom stereocenters. The van der Waals surface area contributed by atoms with E-state index in [1.54, 1.807) is 0 Å². The molecule has 6 aromatic rings. The zero-order valence-corrected chi connectivity index (χ0v) is 14.7. The maximum atomic E-state index is 6.62. The maximum Gasteiger partial charge on any atom is 0.0406 e. The van der Waals surface area contributed by atoms with Crippen molar-refractivity contribution in [1.29, 1.82) is 0 Å². The third kappa shape index (κ3) is 1.89. The molecule has 0 saturated heterocycles. The van der Waals surface area contributed by atoms with Crippen molar-refractivity contribution in [2.45, 2.75) is 0 Å². The molecule has 0 saturated carbocycles. The van der Waals surface area contributed by atoms with Crippen molar-refractivity contribution in [3.63, 3.8) is 0 Å². The Morgan fingerprint density at radius 3 is 1.52 bits per heavy atom. The van der Waals surface area contributed by atoms with Gasteiger partial charge in [0.2, 0.25) is 0 Å². The highest BCUT2D eigenvalue weighted by atomic mass is 14.6. The van der Waals surface area contributed by atoms with Gasteiger partial charge in [-0.15, -0.1) is 0 Å². The van der Waals surface area contributed by atoms with Crippen molar-refractivity contribution in [2.75, 3.05) is 5.73 Å². The lowest BCUT2D eigenvalue weighted by Crippen LogP contribution is -1.91. The van der Waals surface area contributed by atoms with Crippen LogP contribution in [0.1, 0.15) is 0 Å². The molecular weight excluding hydrogens is 326 g/mol. The zero-order valence-electron chi connectivity index (χ0n) is 14.7. The van der Waals surface area contributed by atoms with Gasteiger partial charge in [0.1, 0.15) is 0 Å². The van der Waals surface area contributed by atoms with Crippen LogP contribution >= 0.6 is 0 Å². The van der Waals surface area contributed by atoms with Gasteiger partial charge in [0.05, 0.1) is 0 Å². The van der Waals surface area contributed by atoms with Gasteiger partial charge >= 0.3 is 0 Å². The SMILES string of the molecule is Nc1cc2ccccc2c2ccc3c4ccccc4c4ccccc4c3c12. The smallest absolute Gasteiger partial charge is 0.0406 e. The van der Waals surface area contributed by atoms with Gasteiger partial charge in [-0.05, 0) is 49.2 Å². The summed E-state index contributed by atoms with van der Waals surface area (Å²) in [6.45, 7) is 0. The molecule has 0 aliphatic heterocycles. The van der Waals surface area contributed by atoms with Crippen molar-refractivity contribution in [3.05, 3.63) is 91.0 Å². The van der Waals surface area contributed by atoms with Gasteiger partial charge in [-0.1, -0.05) is 84.9 Å². The van der Waals surface area contributed by atoms with Crippen LogP contribution in [0.3, 0.4) is 0 Å². The molecule has 1 heteroatoms. The minimum absolute atomic E-state index is 0.842. The Bertz CT molecular complexity index is 1490. The molecule has 0 heterocycles. The molecule has 2 N–H and O–H groups in total. The van der Waals surface area contributed by atoms with Crippen LogP contribution in [0.2, 0.25) is 0 Å². The highest BCUT2D eigenvalue weighted by Crippen LogP contribution is 2.42. The number of benzene rings is 6. The Morgan fingerprint density at radius 1 is 0.407 bits per heavy atom. The minimum Gasteiger partial charge on any atom is -0.398 e. The molecule has 0 aromatic heterocycles. The van der Waals surface area contributed by atoms with Crippen LogP contribution < -0.4 is 5.73 Å². The first-order chi connectivity index (χ1) is 13.3. The van der Waals surface area contributed by atoms with Crippen molar-refractivity contribution >= 4 is 59.5 Å². The van der Waals surface area contributed by atoms with E-state index in [0.29, 0.717) is 0 Å². The molecule has 27 heavy (non-hydrogen) atoms. The average molecular weight is 343 g/mol. The van der Waals surface area contributed by atoms with Crippen LogP contribution in [0.15, 0.2) is 91.0 Å². The van der Waals surface area contributed by atoms with Crippen LogP contribution in [0.5, 0.6) is 0 Å². The summed E-state index contributed by atoms with van der Waals surface area (Å²) in [7, 11) is 0. The average Bonchev–Trinajstić information content (AvgIpc) is 2.73. The second-order valence-corrected chi connectivity index (χ2v) is 7.19. The maximum absolute atomic E-state index is 6.62. The lowest BCUT2D eigenvalue weighted by Gasteiger charge is -2.15. The van der Waals surface area contributed by atoms with Crippen molar-refractivity contribution < 1.29 is 0 Å². The molecule has 6 rings (SSSR count). The van der Waals surface area contributed by atoms with Gasteiger partial charge < -0.3 is 5.73 Å². The summed E-state index contributed by atoms with van der Waals surface area (Å²) in [5.74, 6) is 0. The molecule has 0 aliphatic rings. The molecule has 6 aromatic carbocycles. The van der Waals surface area contributed by atoms with Crippen molar-refractivity contribution in [2.24, 2.45) is 0 Å². The summed E-state index contributed by atoms with van der Waals surface area (Å²) in [5.41, 5.74) is 7.47. The summed E-state index contributed by atoms with van der Waals surface area (Å²) < 4.78 is 0. The third-order valence-electron chi connectivity index (χ3n) is 5.76. The molecule has 0 amide bonds. The number of nitrogens with two attached hydrogens (primary N) is 1. The lowest BCUT2D eigenvalue weighted by atomic mass is 9.89. The summed E-state index contributed by atoms with van der Waals surface area (Å²) in [6.07, 6.45) is 0. The van der Waals surface area contributed by atoms with E-state index in [9.17, 15) is 0 Å². The molecule has 0 unspecified atom stereocenters. The predicted octanol–water partition coefficient (Wildman–Crippen LogP) is 7.03. The van der Waals surface area contributed by atoms with Crippen LogP contribution in [-0.2, 0) is 0 Å². The number of hydrogen-bond acceptors (Lipinski definition) is 1. The second-order valence-electron chi connectivity index (χ2n) is 7.19. The van der Waals surface area contributed by atoms with Crippen LogP contribution in [-0.4, -0.2) is 0 Å². The van der Waals surface area contributed by atoms with Crippen molar-refractivity contribution in [3.8, 4) is 0 Å². The van der Waals surface area contributed by atoms with Gasteiger partial charge in [0.25, 0.3) is 0 Å². The minimum atomic E-state index is 0.842. The van der Waals surface area contributed by atoms with Gasteiger partial charge in [0.15, 0.2) is 0 Å². The summed E-state index contributed by atoms with van der Waals surface area (Å²) in [5, 5.41) is 12.4. The third-order valence-corrected chi connectivity index (χ3v) is 5.76. The molecule has 1 nitrogen and oxygen atoms in total. The van der Waals surface area contributed by atoms with Crippen LogP contribution in [0.4, 0.5) is 5.69 Å². The van der Waals surface area contributed by atoms with E-state index in [4.69, 9.17) is 5.73 Å². The molecule has 0 aliphatic carbocycles. The Kier molecular flexibility index (Phi) is 2.81. The summed E-state index contributed by atoms with van der Waals surface area (Å²) in [4.78, 5) is 0. The fourth-order valence-corrected chi connectivity index (χ4v) is 4.63. The molecule has 0 fully saturated rings.